The number of allylic oxidation sites excluding steroid dienone is 2. The van der Waals surface area contributed by atoms with E-state index in [0.717, 1.165) is 0 Å². The quantitative estimate of drug-likeness (QED) is 0.517. The summed E-state index contributed by atoms with van der Waals surface area (Å²) in [4.78, 5) is 50.7. The Kier molecular flexibility index (Phi) is 5.47. The molecular formula is C22H21ClN2O5S. The van der Waals surface area contributed by atoms with Gasteiger partial charge in [-0.05, 0) is 44.5 Å². The number of Topliss-reactive ketones (excluding diaryl/α,β-unsaturated/α-hetero) is 1. The van der Waals surface area contributed by atoms with Crippen LogP contribution in [0.15, 0.2) is 48.1 Å². The number of thioether (sulfide) groups is 1. The first kappa shape index (κ1) is 21.6. The van der Waals surface area contributed by atoms with Crippen LogP contribution in [0.3, 0.4) is 0 Å². The highest BCUT2D eigenvalue weighted by atomic mass is 35.5. The molecule has 2 aliphatic heterocycles. The Bertz CT molecular complexity index is 1030. The van der Waals surface area contributed by atoms with Crippen LogP contribution >= 0.6 is 23.4 Å². The number of carboxylic acids is 1. The first-order valence-corrected chi connectivity index (χ1v) is 11.1. The summed E-state index contributed by atoms with van der Waals surface area (Å²) in [6.45, 7) is 3.57. The molecule has 0 bridgehead atoms. The smallest absolute Gasteiger partial charge is 0.327 e. The number of carboxylic acid groups (broad SMARTS) is 1. The van der Waals surface area contributed by atoms with Crippen molar-refractivity contribution in [1.82, 2.24) is 10.2 Å². The molecule has 4 rings (SSSR count). The number of benzene rings is 1. The first-order chi connectivity index (χ1) is 14.6. The lowest BCUT2D eigenvalue weighted by atomic mass is 9.89. The number of hydrogen-bond donors (Lipinski definition) is 2. The number of halogens is 1. The van der Waals surface area contributed by atoms with Crippen LogP contribution in [0.1, 0.15) is 30.6 Å². The van der Waals surface area contributed by atoms with Gasteiger partial charge in [0.15, 0.2) is 5.78 Å². The molecule has 2 fully saturated rings. The Balaban J connectivity index is 1.38. The molecule has 9 heteroatoms. The van der Waals surface area contributed by atoms with Gasteiger partial charge in [0.25, 0.3) is 5.91 Å². The summed E-state index contributed by atoms with van der Waals surface area (Å²) in [5.74, 6) is -2.28. The summed E-state index contributed by atoms with van der Waals surface area (Å²) in [6.07, 6.45) is 5.33. The monoisotopic (exact) mass is 460 g/mol. The third-order valence-electron chi connectivity index (χ3n) is 5.79. The molecule has 0 spiro atoms. The zero-order valence-corrected chi connectivity index (χ0v) is 18.4. The van der Waals surface area contributed by atoms with Crippen LogP contribution in [-0.4, -0.2) is 55.8 Å². The highest BCUT2D eigenvalue weighted by Crippen LogP contribution is 2.50. The van der Waals surface area contributed by atoms with Crippen molar-refractivity contribution >= 4 is 46.9 Å². The van der Waals surface area contributed by atoms with Crippen LogP contribution in [0.5, 0.6) is 0 Å². The number of hydrogen-bond acceptors (Lipinski definition) is 5. The van der Waals surface area contributed by atoms with E-state index in [0.29, 0.717) is 22.6 Å². The van der Waals surface area contributed by atoms with Crippen LogP contribution in [0.25, 0.3) is 0 Å². The van der Waals surface area contributed by atoms with Crippen molar-refractivity contribution in [3.8, 4) is 0 Å². The van der Waals surface area contributed by atoms with Crippen molar-refractivity contribution in [2.45, 2.75) is 42.5 Å². The normalized spacial score (nSPS) is 28.4. The third kappa shape index (κ3) is 3.78. The number of carbonyl (C=O) groups is 4. The van der Waals surface area contributed by atoms with Gasteiger partial charge in [0.2, 0.25) is 5.91 Å². The van der Waals surface area contributed by atoms with E-state index in [9.17, 15) is 24.3 Å². The number of ketones is 1. The molecule has 2 heterocycles. The molecular weight excluding hydrogens is 440 g/mol. The second kappa shape index (κ2) is 7.84. The fourth-order valence-electron chi connectivity index (χ4n) is 4.18. The van der Waals surface area contributed by atoms with Gasteiger partial charge in [0.05, 0.1) is 0 Å². The highest BCUT2D eigenvalue weighted by Gasteiger charge is 2.64. The number of rotatable bonds is 5. The Morgan fingerprint density at radius 1 is 1.23 bits per heavy atom. The van der Waals surface area contributed by atoms with Gasteiger partial charge < -0.3 is 15.3 Å². The average Bonchev–Trinajstić information content (AvgIpc) is 3.00. The fourth-order valence-corrected chi connectivity index (χ4v) is 5.93. The molecule has 2 amide bonds. The Labute approximate surface area is 188 Å². The third-order valence-corrected chi connectivity index (χ3v) is 7.61. The lowest BCUT2D eigenvalue weighted by molar-refractivity contribution is -0.160. The second-order valence-electron chi connectivity index (χ2n) is 8.28. The lowest BCUT2D eigenvalue weighted by Gasteiger charge is -2.43. The summed E-state index contributed by atoms with van der Waals surface area (Å²) >= 11 is 7.24. The first-order valence-electron chi connectivity index (χ1n) is 9.82. The van der Waals surface area contributed by atoms with Gasteiger partial charge in [-0.15, -0.1) is 11.8 Å². The maximum absolute atomic E-state index is 12.7. The van der Waals surface area contributed by atoms with Crippen molar-refractivity contribution in [1.29, 1.82) is 0 Å². The number of nitrogens with one attached hydrogen (secondary N) is 1. The number of carbonyl (C=O) groups excluding carboxylic acids is 3. The van der Waals surface area contributed by atoms with E-state index in [1.165, 1.54) is 16.7 Å². The summed E-state index contributed by atoms with van der Waals surface area (Å²) < 4.78 is -0.648. The van der Waals surface area contributed by atoms with Gasteiger partial charge in [0, 0.05) is 26.8 Å². The van der Waals surface area contributed by atoms with Crippen molar-refractivity contribution in [2.24, 2.45) is 5.92 Å². The minimum Gasteiger partial charge on any atom is -0.480 e. The minimum absolute atomic E-state index is 0.0577. The maximum atomic E-state index is 12.7. The summed E-state index contributed by atoms with van der Waals surface area (Å²) in [5, 5.41) is 12.4. The van der Waals surface area contributed by atoms with E-state index >= 15 is 0 Å². The van der Waals surface area contributed by atoms with E-state index in [1.807, 2.05) is 0 Å². The molecule has 7 nitrogen and oxygen atoms in total. The minimum atomic E-state index is -1.05. The summed E-state index contributed by atoms with van der Waals surface area (Å²) in [6, 6.07) is 4.98. The largest absolute Gasteiger partial charge is 0.480 e. The predicted octanol–water partition coefficient (Wildman–Crippen LogP) is 2.66. The lowest BCUT2D eigenvalue weighted by Crippen LogP contribution is -2.70. The predicted molar refractivity (Wildman–Crippen MR) is 117 cm³/mol. The van der Waals surface area contributed by atoms with E-state index in [4.69, 9.17) is 11.6 Å². The molecule has 31 heavy (non-hydrogen) atoms. The SMILES string of the molecule is CC1(C)S[C@@H]2[C@H](NC(=O)C3=CCC(C(=O)c4ccc(Cl)cc4)C=C3)C(=O)N2[C@H]1C(=O)O. The van der Waals surface area contributed by atoms with Crippen LogP contribution in [0, 0.1) is 5.92 Å². The Morgan fingerprint density at radius 2 is 1.90 bits per heavy atom. The van der Waals surface area contributed by atoms with E-state index in [-0.39, 0.29) is 17.6 Å². The Hall–Kier alpha value is -2.58. The van der Waals surface area contributed by atoms with Gasteiger partial charge in [-0.2, -0.15) is 0 Å². The van der Waals surface area contributed by atoms with Gasteiger partial charge in [0.1, 0.15) is 17.5 Å². The molecule has 1 aromatic rings. The van der Waals surface area contributed by atoms with Gasteiger partial charge >= 0.3 is 5.97 Å². The van der Waals surface area contributed by atoms with Crippen molar-refractivity contribution in [3.63, 3.8) is 0 Å². The molecule has 4 atom stereocenters. The van der Waals surface area contributed by atoms with Crippen molar-refractivity contribution in [3.05, 3.63) is 58.7 Å². The van der Waals surface area contributed by atoms with Gasteiger partial charge in [-0.1, -0.05) is 29.8 Å². The van der Waals surface area contributed by atoms with Crippen LogP contribution in [0.4, 0.5) is 0 Å². The van der Waals surface area contributed by atoms with Crippen LogP contribution < -0.4 is 5.32 Å². The van der Waals surface area contributed by atoms with E-state index in [2.05, 4.69) is 5.32 Å². The standard InChI is InChI=1S/C22H21ClN2O5S/c1-22(2)17(21(29)30)25-19(28)15(20(25)31-22)24-18(27)13-5-3-11(4-6-13)16(26)12-7-9-14(23)10-8-12/h3,5-11,15,17,20H,4H2,1-2H3,(H,24,27)(H,29,30)/t11?,15-,17+,20-/m1/s1. The number of nitrogens with zero attached hydrogens (tertiary/aromatic N) is 1. The zero-order valence-electron chi connectivity index (χ0n) is 16.9. The van der Waals surface area contributed by atoms with Crippen LogP contribution in [-0.2, 0) is 14.4 Å². The zero-order chi connectivity index (χ0) is 22.5. The van der Waals surface area contributed by atoms with E-state index < -0.39 is 34.1 Å². The summed E-state index contributed by atoms with van der Waals surface area (Å²) in [5.41, 5.74) is 0.929. The molecule has 0 radical (unpaired) electrons. The molecule has 0 saturated carbocycles. The molecule has 1 unspecified atom stereocenters. The second-order valence-corrected chi connectivity index (χ2v) is 10.5. The molecule has 1 aromatic carbocycles. The average molecular weight is 461 g/mol. The van der Waals surface area contributed by atoms with E-state index in [1.54, 1.807) is 56.3 Å². The maximum Gasteiger partial charge on any atom is 0.327 e. The topological polar surface area (TPSA) is 104 Å². The molecule has 3 aliphatic rings. The number of amides is 2. The van der Waals surface area contributed by atoms with Gasteiger partial charge in [-0.25, -0.2) is 4.79 Å². The Morgan fingerprint density at radius 3 is 2.48 bits per heavy atom. The molecule has 0 aromatic heterocycles. The molecule has 2 N–H and O–H groups in total. The number of aliphatic carboxylic acids is 1. The van der Waals surface area contributed by atoms with Crippen molar-refractivity contribution in [2.75, 3.05) is 0 Å². The summed E-state index contributed by atoms with van der Waals surface area (Å²) in [7, 11) is 0. The number of fused-ring (bicyclic) bond motifs is 1. The fraction of sp³-hybridized carbons (Fsp3) is 0.364. The molecule has 162 valence electrons. The highest BCUT2D eigenvalue weighted by molar-refractivity contribution is 8.01. The molecule has 2 saturated heterocycles. The van der Waals surface area contributed by atoms with Crippen molar-refractivity contribution < 1.29 is 24.3 Å². The molecule has 1 aliphatic carbocycles. The van der Waals surface area contributed by atoms with Crippen LogP contribution in [0.2, 0.25) is 5.02 Å². The number of β-lactam (4-membered cyclic amide) rings is 1. The van der Waals surface area contributed by atoms with Gasteiger partial charge in [-0.3, -0.25) is 14.4 Å².